The number of rotatable bonds is 4. The number of benzene rings is 2. The zero-order valence-corrected chi connectivity index (χ0v) is 13.8. The minimum atomic E-state index is 0.216. The summed E-state index contributed by atoms with van der Waals surface area (Å²) in [6.07, 6.45) is 0. The largest absolute Gasteiger partial charge is 0.380 e. The summed E-state index contributed by atoms with van der Waals surface area (Å²) in [4.78, 5) is 2.27. The second-order valence-corrected chi connectivity index (χ2v) is 6.58. The van der Waals surface area contributed by atoms with E-state index in [0.29, 0.717) is 5.69 Å². The van der Waals surface area contributed by atoms with Crippen LogP contribution >= 0.6 is 11.8 Å². The van der Waals surface area contributed by atoms with Gasteiger partial charge in [0.1, 0.15) is 6.07 Å². The number of hydrogen-bond acceptors (Lipinski definition) is 5. The smallest absolute Gasteiger partial charge is 0.186 e. The average Bonchev–Trinajstić information content (AvgIpc) is 2.55. The van der Waals surface area contributed by atoms with E-state index in [0.717, 1.165) is 21.5 Å². The molecule has 0 bridgehead atoms. The van der Waals surface area contributed by atoms with Crippen molar-refractivity contribution in [1.82, 2.24) is 10.2 Å². The molecule has 0 fully saturated rings. The molecule has 23 heavy (non-hydrogen) atoms. The summed E-state index contributed by atoms with van der Waals surface area (Å²) >= 11 is 1.68. The number of nitrogens with one attached hydrogen (secondary N) is 1. The monoisotopic (exact) mass is 320 g/mol. The summed E-state index contributed by atoms with van der Waals surface area (Å²) in [5.74, 6) is 0. The Morgan fingerprint density at radius 2 is 1.83 bits per heavy atom. The van der Waals surface area contributed by atoms with Gasteiger partial charge in [0.25, 0.3) is 0 Å². The van der Waals surface area contributed by atoms with E-state index in [1.165, 1.54) is 4.90 Å². The fraction of sp³-hybridized carbons (Fsp3) is 0.167. The van der Waals surface area contributed by atoms with Crippen molar-refractivity contribution in [3.8, 4) is 6.07 Å². The van der Waals surface area contributed by atoms with Crippen molar-refractivity contribution in [3.63, 3.8) is 0 Å². The molecule has 0 aliphatic heterocycles. The number of nitriles is 1. The van der Waals surface area contributed by atoms with Crippen molar-refractivity contribution >= 4 is 28.4 Å². The van der Waals surface area contributed by atoms with Gasteiger partial charge in [-0.1, -0.05) is 30.0 Å². The van der Waals surface area contributed by atoms with Gasteiger partial charge in [-0.15, -0.1) is 10.2 Å². The van der Waals surface area contributed by atoms with Crippen molar-refractivity contribution < 1.29 is 0 Å². The van der Waals surface area contributed by atoms with E-state index in [-0.39, 0.29) is 6.04 Å². The normalized spacial score (nSPS) is 10.7. The van der Waals surface area contributed by atoms with Crippen LogP contribution in [-0.2, 0) is 0 Å². The third-order valence-electron chi connectivity index (χ3n) is 3.25. The first-order chi connectivity index (χ1) is 11.2. The fourth-order valence-corrected chi connectivity index (χ4v) is 3.16. The van der Waals surface area contributed by atoms with Crippen LogP contribution in [0.5, 0.6) is 0 Å². The molecule has 0 atom stereocenters. The van der Waals surface area contributed by atoms with Gasteiger partial charge < -0.3 is 5.32 Å². The number of nitrogens with zero attached hydrogens (tertiary/aromatic N) is 3. The van der Waals surface area contributed by atoms with Gasteiger partial charge >= 0.3 is 0 Å². The highest BCUT2D eigenvalue weighted by Gasteiger charge is 2.12. The van der Waals surface area contributed by atoms with Crippen LogP contribution in [0.4, 0.5) is 5.69 Å². The first-order valence-corrected chi connectivity index (χ1v) is 8.19. The molecule has 1 N–H and O–H groups in total. The Labute approximate surface area is 139 Å². The highest BCUT2D eigenvalue weighted by Crippen LogP contribution is 2.32. The molecule has 0 radical (unpaired) electrons. The van der Waals surface area contributed by atoms with Gasteiger partial charge in [0.05, 0.1) is 11.2 Å². The Morgan fingerprint density at radius 1 is 1.04 bits per heavy atom. The molecular weight excluding hydrogens is 304 g/mol. The lowest BCUT2D eigenvalue weighted by Crippen LogP contribution is -2.12. The molecule has 0 amide bonds. The molecule has 4 nitrogen and oxygen atoms in total. The molecular formula is C18H16N4S. The standard InChI is InChI=1S/C18H16N4S/c1-12(2)20-18-15-9-8-14(23-13-6-4-3-5-7-13)10-16(15)21-22-17(18)11-19/h3-10,12H,1-2H3,(H,20,21). The molecule has 1 heterocycles. The summed E-state index contributed by atoms with van der Waals surface area (Å²) in [6.45, 7) is 4.07. The quantitative estimate of drug-likeness (QED) is 0.768. The summed E-state index contributed by atoms with van der Waals surface area (Å²) in [5.41, 5.74) is 1.87. The topological polar surface area (TPSA) is 61.6 Å². The Bertz CT molecular complexity index is 869. The first-order valence-electron chi connectivity index (χ1n) is 7.37. The van der Waals surface area contributed by atoms with Crippen molar-refractivity contribution in [2.45, 2.75) is 29.7 Å². The molecule has 2 aromatic carbocycles. The van der Waals surface area contributed by atoms with E-state index in [2.05, 4.69) is 33.7 Å². The second kappa shape index (κ2) is 6.67. The fourth-order valence-electron chi connectivity index (χ4n) is 2.29. The molecule has 0 unspecified atom stereocenters. The van der Waals surface area contributed by atoms with E-state index >= 15 is 0 Å². The molecule has 1 aromatic heterocycles. The van der Waals surface area contributed by atoms with Crippen molar-refractivity contribution in [3.05, 3.63) is 54.2 Å². The maximum absolute atomic E-state index is 9.24. The predicted octanol–water partition coefficient (Wildman–Crippen LogP) is 4.47. The van der Waals surface area contributed by atoms with Crippen LogP contribution in [0, 0.1) is 11.3 Å². The van der Waals surface area contributed by atoms with Crippen molar-refractivity contribution in [1.29, 1.82) is 5.26 Å². The lowest BCUT2D eigenvalue weighted by Gasteiger charge is -2.13. The van der Waals surface area contributed by atoms with Crippen LogP contribution < -0.4 is 5.32 Å². The van der Waals surface area contributed by atoms with E-state index in [1.807, 2.05) is 50.2 Å². The maximum Gasteiger partial charge on any atom is 0.186 e. The van der Waals surface area contributed by atoms with Gasteiger partial charge in [0.15, 0.2) is 5.69 Å². The van der Waals surface area contributed by atoms with E-state index in [9.17, 15) is 5.26 Å². The van der Waals surface area contributed by atoms with E-state index < -0.39 is 0 Å². The first kappa shape index (κ1) is 15.3. The van der Waals surface area contributed by atoms with Gasteiger partial charge in [0.2, 0.25) is 0 Å². The van der Waals surface area contributed by atoms with Gasteiger partial charge in [-0.2, -0.15) is 5.26 Å². The third-order valence-corrected chi connectivity index (χ3v) is 4.25. The number of aromatic nitrogens is 2. The lowest BCUT2D eigenvalue weighted by molar-refractivity contribution is 0.894. The summed E-state index contributed by atoms with van der Waals surface area (Å²) in [6, 6.07) is 18.6. The number of fused-ring (bicyclic) bond motifs is 1. The molecule has 3 aromatic rings. The average molecular weight is 320 g/mol. The molecule has 0 aliphatic carbocycles. The molecule has 0 aliphatic rings. The Balaban J connectivity index is 2.02. The second-order valence-electron chi connectivity index (χ2n) is 5.43. The van der Waals surface area contributed by atoms with E-state index in [1.54, 1.807) is 11.8 Å². The zero-order chi connectivity index (χ0) is 16.2. The van der Waals surface area contributed by atoms with Gasteiger partial charge in [-0.05, 0) is 44.2 Å². The predicted molar refractivity (Wildman–Crippen MR) is 93.6 cm³/mol. The minimum Gasteiger partial charge on any atom is -0.380 e. The highest BCUT2D eigenvalue weighted by atomic mass is 32.2. The maximum atomic E-state index is 9.24. The molecule has 0 saturated carbocycles. The van der Waals surface area contributed by atoms with Crippen molar-refractivity contribution in [2.24, 2.45) is 0 Å². The molecule has 114 valence electrons. The Hall–Kier alpha value is -2.58. The summed E-state index contributed by atoms with van der Waals surface area (Å²) < 4.78 is 0. The van der Waals surface area contributed by atoms with Crippen LogP contribution in [0.2, 0.25) is 0 Å². The van der Waals surface area contributed by atoms with Crippen LogP contribution in [0.15, 0.2) is 58.3 Å². The van der Waals surface area contributed by atoms with Gasteiger partial charge in [-0.25, -0.2) is 0 Å². The van der Waals surface area contributed by atoms with Crippen molar-refractivity contribution in [2.75, 3.05) is 5.32 Å². The Kier molecular flexibility index (Phi) is 4.45. The molecule has 0 spiro atoms. The molecule has 0 saturated heterocycles. The van der Waals surface area contributed by atoms with Gasteiger partial charge in [-0.3, -0.25) is 0 Å². The zero-order valence-electron chi connectivity index (χ0n) is 12.9. The molecule has 3 rings (SSSR count). The minimum absolute atomic E-state index is 0.216. The van der Waals surface area contributed by atoms with Crippen LogP contribution in [0.1, 0.15) is 19.5 Å². The van der Waals surface area contributed by atoms with Crippen LogP contribution in [-0.4, -0.2) is 16.2 Å². The SMILES string of the molecule is CC(C)Nc1c(C#N)nnc2cc(Sc3ccccc3)ccc12. The number of anilines is 1. The van der Waals surface area contributed by atoms with Gasteiger partial charge in [0, 0.05) is 21.2 Å². The number of hydrogen-bond donors (Lipinski definition) is 1. The van der Waals surface area contributed by atoms with E-state index in [4.69, 9.17) is 0 Å². The molecule has 5 heteroatoms. The summed E-state index contributed by atoms with van der Waals surface area (Å²) in [7, 11) is 0. The Morgan fingerprint density at radius 3 is 2.52 bits per heavy atom. The van der Waals surface area contributed by atoms with Crippen LogP contribution in [0.25, 0.3) is 10.9 Å². The van der Waals surface area contributed by atoms with Crippen LogP contribution in [0.3, 0.4) is 0 Å². The lowest BCUT2D eigenvalue weighted by atomic mass is 10.1. The summed E-state index contributed by atoms with van der Waals surface area (Å²) in [5, 5.41) is 21.7. The third kappa shape index (κ3) is 3.43. The highest BCUT2D eigenvalue weighted by molar-refractivity contribution is 7.99.